The molecule has 3 heterocycles. The molecule has 0 fully saturated rings. The number of furan rings is 1. The van der Waals surface area contributed by atoms with Crippen molar-refractivity contribution in [3.63, 3.8) is 0 Å². The lowest BCUT2D eigenvalue weighted by atomic mass is 10.2. The first-order chi connectivity index (χ1) is 13.7. The van der Waals surface area contributed by atoms with Gasteiger partial charge >= 0.3 is 0 Å². The SMILES string of the molecule is O=C(CNC(=O)c1ccco1)Nc1ccc(-c2nnc3n2CCCCC3)cc1. The van der Waals surface area contributed by atoms with Gasteiger partial charge in [-0.05, 0) is 49.2 Å². The van der Waals surface area contributed by atoms with Crippen molar-refractivity contribution in [2.75, 3.05) is 11.9 Å². The molecule has 2 N–H and O–H groups in total. The minimum Gasteiger partial charge on any atom is -0.459 e. The lowest BCUT2D eigenvalue weighted by Crippen LogP contribution is -2.32. The molecule has 144 valence electrons. The summed E-state index contributed by atoms with van der Waals surface area (Å²) in [5, 5.41) is 13.9. The van der Waals surface area contributed by atoms with Gasteiger partial charge < -0.3 is 19.6 Å². The summed E-state index contributed by atoms with van der Waals surface area (Å²) in [6.07, 6.45) is 5.87. The highest BCUT2D eigenvalue weighted by molar-refractivity contribution is 5.98. The molecule has 4 rings (SSSR count). The number of fused-ring (bicyclic) bond motifs is 1. The van der Waals surface area contributed by atoms with E-state index in [1.807, 2.05) is 24.3 Å². The summed E-state index contributed by atoms with van der Waals surface area (Å²) in [5.41, 5.74) is 1.61. The Labute approximate surface area is 162 Å². The zero-order chi connectivity index (χ0) is 19.3. The van der Waals surface area contributed by atoms with Gasteiger partial charge in [0.2, 0.25) is 5.91 Å². The van der Waals surface area contributed by atoms with E-state index in [4.69, 9.17) is 4.42 Å². The van der Waals surface area contributed by atoms with E-state index >= 15 is 0 Å². The van der Waals surface area contributed by atoms with Crippen LogP contribution in [0.25, 0.3) is 11.4 Å². The molecule has 2 aromatic heterocycles. The molecule has 0 radical (unpaired) electrons. The number of nitrogens with zero attached hydrogens (tertiary/aromatic N) is 3. The van der Waals surface area contributed by atoms with Gasteiger partial charge in [-0.1, -0.05) is 6.42 Å². The Morgan fingerprint density at radius 2 is 1.93 bits per heavy atom. The third kappa shape index (κ3) is 3.95. The molecule has 1 aliphatic heterocycles. The molecule has 0 saturated carbocycles. The first-order valence-electron chi connectivity index (χ1n) is 9.35. The smallest absolute Gasteiger partial charge is 0.287 e. The van der Waals surface area contributed by atoms with E-state index in [2.05, 4.69) is 25.4 Å². The molecule has 0 bridgehead atoms. The van der Waals surface area contributed by atoms with E-state index in [0.29, 0.717) is 5.69 Å². The highest BCUT2D eigenvalue weighted by Gasteiger charge is 2.16. The molecule has 0 atom stereocenters. The van der Waals surface area contributed by atoms with Crippen LogP contribution in [0.5, 0.6) is 0 Å². The zero-order valence-electron chi connectivity index (χ0n) is 15.4. The number of hydrogen-bond acceptors (Lipinski definition) is 5. The number of aryl methyl sites for hydroxylation is 1. The van der Waals surface area contributed by atoms with E-state index in [9.17, 15) is 9.59 Å². The topological polar surface area (TPSA) is 102 Å². The predicted molar refractivity (Wildman–Crippen MR) is 103 cm³/mol. The molecular weight excluding hydrogens is 358 g/mol. The van der Waals surface area contributed by atoms with E-state index in [-0.39, 0.29) is 18.2 Å². The summed E-state index contributed by atoms with van der Waals surface area (Å²) in [4.78, 5) is 23.8. The first kappa shape index (κ1) is 18.0. The second-order valence-electron chi connectivity index (χ2n) is 6.69. The number of rotatable bonds is 5. The summed E-state index contributed by atoms with van der Waals surface area (Å²) >= 11 is 0. The van der Waals surface area contributed by atoms with Crippen LogP contribution < -0.4 is 10.6 Å². The molecule has 8 nitrogen and oxygen atoms in total. The van der Waals surface area contributed by atoms with Crippen molar-refractivity contribution in [3.05, 3.63) is 54.2 Å². The molecule has 8 heteroatoms. The van der Waals surface area contributed by atoms with Crippen molar-refractivity contribution in [3.8, 4) is 11.4 Å². The van der Waals surface area contributed by atoms with Gasteiger partial charge in [0.1, 0.15) is 5.82 Å². The van der Waals surface area contributed by atoms with Gasteiger partial charge in [0.05, 0.1) is 12.8 Å². The van der Waals surface area contributed by atoms with Gasteiger partial charge in [-0.25, -0.2) is 0 Å². The number of carbonyl (C=O) groups excluding carboxylic acids is 2. The Morgan fingerprint density at radius 3 is 2.71 bits per heavy atom. The summed E-state index contributed by atoms with van der Waals surface area (Å²) in [5.74, 6) is 1.33. The lowest BCUT2D eigenvalue weighted by Gasteiger charge is -2.09. The monoisotopic (exact) mass is 379 g/mol. The van der Waals surface area contributed by atoms with Crippen molar-refractivity contribution in [2.24, 2.45) is 0 Å². The highest BCUT2D eigenvalue weighted by Crippen LogP contribution is 2.23. The number of amides is 2. The van der Waals surface area contributed by atoms with Crippen LogP contribution in [0.15, 0.2) is 47.1 Å². The molecule has 0 spiro atoms. The fourth-order valence-corrected chi connectivity index (χ4v) is 3.26. The van der Waals surface area contributed by atoms with Crippen molar-refractivity contribution in [1.82, 2.24) is 20.1 Å². The Bertz CT molecular complexity index is 960. The van der Waals surface area contributed by atoms with E-state index in [0.717, 1.165) is 43.0 Å². The Balaban J connectivity index is 1.36. The predicted octanol–water partition coefficient (Wildman–Crippen LogP) is 2.63. The van der Waals surface area contributed by atoms with Crippen LogP contribution >= 0.6 is 0 Å². The fraction of sp³-hybridized carbons (Fsp3) is 0.300. The van der Waals surface area contributed by atoms with Crippen molar-refractivity contribution >= 4 is 17.5 Å². The summed E-state index contributed by atoms with van der Waals surface area (Å²) in [6.45, 7) is 0.796. The third-order valence-electron chi connectivity index (χ3n) is 4.69. The third-order valence-corrected chi connectivity index (χ3v) is 4.69. The molecule has 0 aliphatic carbocycles. The summed E-state index contributed by atoms with van der Waals surface area (Å²) < 4.78 is 7.17. The van der Waals surface area contributed by atoms with Gasteiger partial charge in [0.25, 0.3) is 5.91 Å². The molecular formula is C20H21N5O3. The van der Waals surface area contributed by atoms with Crippen LogP contribution in [-0.4, -0.2) is 33.1 Å². The Hall–Kier alpha value is -3.42. The number of anilines is 1. The molecule has 1 aromatic carbocycles. The van der Waals surface area contributed by atoms with Gasteiger partial charge in [-0.15, -0.1) is 10.2 Å². The molecule has 2 amide bonds. The number of carbonyl (C=O) groups is 2. The zero-order valence-corrected chi connectivity index (χ0v) is 15.4. The molecule has 0 saturated heterocycles. The van der Waals surface area contributed by atoms with Crippen LogP contribution in [-0.2, 0) is 17.8 Å². The standard InChI is InChI=1S/C20H21N5O3/c26-18(13-21-20(27)16-5-4-12-28-16)22-15-9-7-14(8-10-15)19-24-23-17-6-2-1-3-11-25(17)19/h4-5,7-10,12H,1-3,6,11,13H2,(H,21,27)(H,22,26). The normalized spacial score (nSPS) is 13.4. The minimum absolute atomic E-state index is 0.140. The maximum absolute atomic E-state index is 12.0. The number of aromatic nitrogens is 3. The lowest BCUT2D eigenvalue weighted by molar-refractivity contribution is -0.115. The van der Waals surface area contributed by atoms with Crippen LogP contribution in [0.1, 0.15) is 35.6 Å². The van der Waals surface area contributed by atoms with E-state index in [1.54, 1.807) is 6.07 Å². The van der Waals surface area contributed by atoms with Crippen LogP contribution in [0, 0.1) is 0 Å². The minimum atomic E-state index is -0.428. The number of hydrogen-bond donors (Lipinski definition) is 2. The largest absolute Gasteiger partial charge is 0.459 e. The van der Waals surface area contributed by atoms with E-state index < -0.39 is 5.91 Å². The Morgan fingerprint density at radius 1 is 1.07 bits per heavy atom. The maximum Gasteiger partial charge on any atom is 0.287 e. The van der Waals surface area contributed by atoms with Gasteiger partial charge in [0, 0.05) is 24.2 Å². The van der Waals surface area contributed by atoms with Crippen LogP contribution in [0.2, 0.25) is 0 Å². The molecule has 0 unspecified atom stereocenters. The number of benzene rings is 1. The quantitative estimate of drug-likeness (QED) is 0.709. The molecule has 3 aromatic rings. The van der Waals surface area contributed by atoms with Crippen LogP contribution in [0.4, 0.5) is 5.69 Å². The first-order valence-corrected chi connectivity index (χ1v) is 9.35. The number of nitrogens with one attached hydrogen (secondary N) is 2. The van der Waals surface area contributed by atoms with Crippen LogP contribution in [0.3, 0.4) is 0 Å². The van der Waals surface area contributed by atoms with Gasteiger partial charge in [-0.3, -0.25) is 9.59 Å². The van der Waals surface area contributed by atoms with Crippen molar-refractivity contribution in [1.29, 1.82) is 0 Å². The fourth-order valence-electron chi connectivity index (χ4n) is 3.26. The summed E-state index contributed by atoms with van der Waals surface area (Å²) in [6, 6.07) is 10.6. The van der Waals surface area contributed by atoms with Crippen molar-refractivity contribution in [2.45, 2.75) is 32.2 Å². The second kappa shape index (κ2) is 8.08. The average Bonchev–Trinajstić information content (AvgIpc) is 3.33. The molecule has 1 aliphatic rings. The van der Waals surface area contributed by atoms with Gasteiger partial charge in [0.15, 0.2) is 11.6 Å². The van der Waals surface area contributed by atoms with E-state index in [1.165, 1.54) is 18.8 Å². The Kier molecular flexibility index (Phi) is 5.18. The average molecular weight is 379 g/mol. The second-order valence-corrected chi connectivity index (χ2v) is 6.69. The van der Waals surface area contributed by atoms with Gasteiger partial charge in [-0.2, -0.15) is 0 Å². The van der Waals surface area contributed by atoms with Crippen molar-refractivity contribution < 1.29 is 14.0 Å². The molecule has 28 heavy (non-hydrogen) atoms. The summed E-state index contributed by atoms with van der Waals surface area (Å²) in [7, 11) is 0. The maximum atomic E-state index is 12.0. The highest BCUT2D eigenvalue weighted by atomic mass is 16.3.